The Balaban J connectivity index is 1.40. The molecular formula is C31H36N4O6. The molecule has 4 bridgehead atoms. The maximum atomic E-state index is 13.2. The van der Waals surface area contributed by atoms with E-state index >= 15 is 0 Å². The van der Waals surface area contributed by atoms with Crippen molar-refractivity contribution >= 4 is 11.8 Å². The number of pyridine rings is 1. The standard InChI is InChI=1S/C31H36N4O6/c1-38-27-9-5-21-6-10-30(36)33-17-23-7-8-24(15-28(23)39-2)41-26-11-13-35(18-22-4-3-12-32-16-22)19-25(26)34-31(37)20-40-29(27)14-21/h3-5,7-9,12,14-16,25-26H,6,10-11,13,17-20H2,1-2H3,(H,33,36)(H,34,37)/t25-,26+/m1/s1. The zero-order valence-electron chi connectivity index (χ0n) is 23.4. The second-order valence-corrected chi connectivity index (χ2v) is 10.2. The number of fused-ring (bicyclic) bond motifs is 9. The minimum Gasteiger partial charge on any atom is -0.496 e. The normalized spacial score (nSPS) is 20.1. The van der Waals surface area contributed by atoms with Crippen molar-refractivity contribution in [1.29, 1.82) is 0 Å². The van der Waals surface area contributed by atoms with Crippen LogP contribution in [0, 0.1) is 0 Å². The van der Waals surface area contributed by atoms with Gasteiger partial charge in [-0.1, -0.05) is 12.1 Å². The molecule has 2 N–H and O–H groups in total. The first-order valence-corrected chi connectivity index (χ1v) is 13.8. The lowest BCUT2D eigenvalue weighted by molar-refractivity contribution is -0.125. The fraction of sp³-hybridized carbons (Fsp3) is 0.387. The summed E-state index contributed by atoms with van der Waals surface area (Å²) in [5, 5.41) is 6.12. The van der Waals surface area contributed by atoms with E-state index in [-0.39, 0.29) is 30.6 Å². The number of hydrogen-bond acceptors (Lipinski definition) is 8. The Hall–Kier alpha value is -4.31. The van der Waals surface area contributed by atoms with Crippen LogP contribution < -0.4 is 29.6 Å². The number of nitrogens with zero attached hydrogens (tertiary/aromatic N) is 2. The summed E-state index contributed by atoms with van der Waals surface area (Å²) in [5.41, 5.74) is 2.86. The highest BCUT2D eigenvalue weighted by Gasteiger charge is 2.32. The Morgan fingerprint density at radius 1 is 1.02 bits per heavy atom. The van der Waals surface area contributed by atoms with Crippen LogP contribution >= 0.6 is 0 Å². The van der Waals surface area contributed by atoms with Crippen molar-refractivity contribution in [1.82, 2.24) is 20.5 Å². The number of benzene rings is 2. The molecule has 10 nitrogen and oxygen atoms in total. The Bertz CT molecular complexity index is 1350. The zero-order chi connectivity index (χ0) is 28.6. The Labute approximate surface area is 239 Å². The van der Waals surface area contributed by atoms with Crippen LogP contribution in [0.5, 0.6) is 23.0 Å². The lowest BCUT2D eigenvalue weighted by atomic mass is 10.0. The van der Waals surface area contributed by atoms with E-state index in [1.54, 1.807) is 26.5 Å². The number of aryl methyl sites for hydroxylation is 1. The van der Waals surface area contributed by atoms with Gasteiger partial charge in [-0.2, -0.15) is 0 Å². The Morgan fingerprint density at radius 2 is 1.90 bits per heavy atom. The van der Waals surface area contributed by atoms with Gasteiger partial charge in [0.1, 0.15) is 17.6 Å². The summed E-state index contributed by atoms with van der Waals surface area (Å²) in [6.07, 6.45) is 4.88. The van der Waals surface area contributed by atoms with Crippen LogP contribution in [0.4, 0.5) is 0 Å². The van der Waals surface area contributed by atoms with E-state index in [0.717, 1.165) is 29.8 Å². The third-order valence-electron chi connectivity index (χ3n) is 7.36. The molecule has 1 aromatic heterocycles. The SMILES string of the molecule is COc1cc2ccc1CNC(=O)CCc1ccc(OC)c(c1)OCC(=O)N[C@@H]1CN(Cc3cccnc3)CC[C@@H]1O2. The van der Waals surface area contributed by atoms with Gasteiger partial charge in [-0.25, -0.2) is 0 Å². The first-order chi connectivity index (χ1) is 20.0. The highest BCUT2D eigenvalue weighted by molar-refractivity contribution is 5.78. The van der Waals surface area contributed by atoms with Gasteiger partial charge in [-0.05, 0) is 54.3 Å². The van der Waals surface area contributed by atoms with Crippen LogP contribution in [0.2, 0.25) is 0 Å². The zero-order valence-corrected chi connectivity index (χ0v) is 23.4. The summed E-state index contributed by atoms with van der Waals surface area (Å²) in [6.45, 7) is 2.28. The lowest BCUT2D eigenvalue weighted by Crippen LogP contribution is -2.57. The molecule has 216 valence electrons. The van der Waals surface area contributed by atoms with Crippen molar-refractivity contribution in [2.75, 3.05) is 33.9 Å². The molecule has 3 aliphatic heterocycles. The molecule has 6 rings (SSSR count). The van der Waals surface area contributed by atoms with E-state index in [9.17, 15) is 9.59 Å². The van der Waals surface area contributed by atoms with E-state index in [4.69, 9.17) is 18.9 Å². The van der Waals surface area contributed by atoms with Crippen molar-refractivity contribution < 1.29 is 28.5 Å². The number of carbonyl (C=O) groups excluding carboxylic acids is 2. The van der Waals surface area contributed by atoms with Gasteiger partial charge in [0.2, 0.25) is 5.91 Å². The van der Waals surface area contributed by atoms with E-state index in [0.29, 0.717) is 55.4 Å². The number of hydrogen-bond donors (Lipinski definition) is 2. The van der Waals surface area contributed by atoms with Crippen molar-refractivity contribution in [3.63, 3.8) is 0 Å². The second-order valence-electron chi connectivity index (χ2n) is 10.2. The van der Waals surface area contributed by atoms with E-state index < -0.39 is 0 Å². The van der Waals surface area contributed by atoms with E-state index in [1.807, 2.05) is 48.7 Å². The highest BCUT2D eigenvalue weighted by atomic mass is 16.5. The van der Waals surface area contributed by atoms with Crippen LogP contribution in [0.25, 0.3) is 0 Å². The summed E-state index contributed by atoms with van der Waals surface area (Å²) in [7, 11) is 3.15. The first-order valence-electron chi connectivity index (χ1n) is 13.8. The average Bonchev–Trinajstić information content (AvgIpc) is 2.99. The fourth-order valence-corrected chi connectivity index (χ4v) is 5.21. The fourth-order valence-electron chi connectivity index (χ4n) is 5.21. The van der Waals surface area contributed by atoms with Crippen molar-refractivity contribution in [2.45, 2.75) is 44.5 Å². The summed E-state index contributed by atoms with van der Waals surface area (Å²) < 4.78 is 23.4. The molecule has 0 aliphatic carbocycles. The van der Waals surface area contributed by atoms with Crippen LogP contribution in [-0.2, 0) is 29.1 Å². The van der Waals surface area contributed by atoms with Crippen molar-refractivity contribution in [3.05, 3.63) is 77.6 Å². The molecular weight excluding hydrogens is 524 g/mol. The smallest absolute Gasteiger partial charge is 0.258 e. The van der Waals surface area contributed by atoms with Crippen molar-refractivity contribution in [3.8, 4) is 23.0 Å². The number of methoxy groups -OCH3 is 2. The summed E-state index contributed by atoms with van der Waals surface area (Å²) in [5.74, 6) is 1.90. The topological polar surface area (TPSA) is 111 Å². The van der Waals surface area contributed by atoms with E-state index in [2.05, 4.69) is 20.5 Å². The molecule has 3 aliphatic rings. The number of rotatable bonds is 4. The summed E-state index contributed by atoms with van der Waals surface area (Å²) >= 11 is 0. The third kappa shape index (κ3) is 7.46. The van der Waals surface area contributed by atoms with Gasteiger partial charge in [0.15, 0.2) is 18.1 Å². The quantitative estimate of drug-likeness (QED) is 0.501. The number of amides is 2. The van der Waals surface area contributed by atoms with Gasteiger partial charge in [0, 0.05) is 56.6 Å². The van der Waals surface area contributed by atoms with E-state index in [1.165, 1.54) is 0 Å². The Kier molecular flexibility index (Phi) is 9.20. The third-order valence-corrected chi connectivity index (χ3v) is 7.36. The number of nitrogens with one attached hydrogen (secondary N) is 2. The molecule has 1 fully saturated rings. The van der Waals surface area contributed by atoms with Crippen LogP contribution in [0.3, 0.4) is 0 Å². The Morgan fingerprint density at radius 3 is 2.71 bits per heavy atom. The first kappa shape index (κ1) is 28.2. The summed E-state index contributed by atoms with van der Waals surface area (Å²) in [6, 6.07) is 14.8. The van der Waals surface area contributed by atoms with Gasteiger partial charge in [-0.15, -0.1) is 0 Å². The molecule has 2 atom stereocenters. The molecule has 0 saturated carbocycles. The van der Waals surface area contributed by atoms with Gasteiger partial charge < -0.3 is 29.6 Å². The molecule has 10 heteroatoms. The van der Waals surface area contributed by atoms with Gasteiger partial charge in [0.25, 0.3) is 5.91 Å². The predicted octanol–water partition coefficient (Wildman–Crippen LogP) is 2.88. The van der Waals surface area contributed by atoms with Gasteiger partial charge in [-0.3, -0.25) is 19.5 Å². The molecule has 2 amide bonds. The lowest BCUT2D eigenvalue weighted by Gasteiger charge is -2.39. The van der Waals surface area contributed by atoms with Crippen LogP contribution in [-0.4, -0.2) is 67.8 Å². The highest BCUT2D eigenvalue weighted by Crippen LogP contribution is 2.30. The molecule has 0 unspecified atom stereocenters. The van der Waals surface area contributed by atoms with Crippen molar-refractivity contribution in [2.24, 2.45) is 0 Å². The number of likely N-dealkylation sites (tertiary alicyclic amines) is 1. The van der Waals surface area contributed by atoms with Crippen LogP contribution in [0.1, 0.15) is 29.5 Å². The number of aromatic nitrogens is 1. The minimum absolute atomic E-state index is 0.0798. The maximum absolute atomic E-state index is 13.2. The molecule has 41 heavy (non-hydrogen) atoms. The number of carbonyl (C=O) groups is 2. The molecule has 1 saturated heterocycles. The molecule has 2 aromatic carbocycles. The number of ether oxygens (including phenoxy) is 4. The monoisotopic (exact) mass is 560 g/mol. The minimum atomic E-state index is -0.281. The summed E-state index contributed by atoms with van der Waals surface area (Å²) in [4.78, 5) is 32.3. The number of piperidine rings is 1. The van der Waals surface area contributed by atoms with Crippen LogP contribution in [0.15, 0.2) is 60.9 Å². The second kappa shape index (κ2) is 13.4. The molecule has 3 aromatic rings. The molecule has 4 heterocycles. The average molecular weight is 561 g/mol. The maximum Gasteiger partial charge on any atom is 0.258 e. The predicted molar refractivity (Wildman–Crippen MR) is 152 cm³/mol. The van der Waals surface area contributed by atoms with Gasteiger partial charge in [0.05, 0.1) is 20.3 Å². The molecule has 0 radical (unpaired) electrons. The largest absolute Gasteiger partial charge is 0.496 e. The van der Waals surface area contributed by atoms with Gasteiger partial charge >= 0.3 is 0 Å². The molecule has 0 spiro atoms.